The van der Waals surface area contributed by atoms with Crippen LogP contribution in [-0.2, 0) is 4.79 Å². The first-order valence-electron chi connectivity index (χ1n) is 8.59. The number of ether oxygens (including phenoxy) is 1. The second kappa shape index (κ2) is 7.91. The van der Waals surface area contributed by atoms with Gasteiger partial charge in [0.05, 0.1) is 12.4 Å². The highest BCUT2D eigenvalue weighted by atomic mass is 32.2. The van der Waals surface area contributed by atoms with E-state index >= 15 is 0 Å². The number of methoxy groups -OCH3 is 1. The number of aromatic amines is 1. The van der Waals surface area contributed by atoms with Crippen LogP contribution >= 0.6 is 11.8 Å². The average Bonchev–Trinajstić information content (AvgIpc) is 3.10. The maximum atomic E-state index is 12.6. The molecule has 1 aromatic heterocycles. The molecular formula is C18H24N4O2S. The molecule has 0 unspecified atom stereocenters. The van der Waals surface area contributed by atoms with E-state index in [9.17, 15) is 4.79 Å². The lowest BCUT2D eigenvalue weighted by atomic mass is 9.99. The topological polar surface area (TPSA) is 71.1 Å². The number of nitrogens with one attached hydrogen (secondary N) is 1. The van der Waals surface area contributed by atoms with Crippen LogP contribution in [0.4, 0.5) is 0 Å². The molecule has 25 heavy (non-hydrogen) atoms. The van der Waals surface area contributed by atoms with E-state index in [0.29, 0.717) is 16.9 Å². The molecule has 1 aromatic carbocycles. The summed E-state index contributed by atoms with van der Waals surface area (Å²) in [4.78, 5) is 19.0. The maximum Gasteiger partial charge on any atom is 0.235 e. The molecule has 1 aliphatic rings. The largest absolute Gasteiger partial charge is 0.497 e. The van der Waals surface area contributed by atoms with Crippen molar-refractivity contribution in [2.45, 2.75) is 37.1 Å². The van der Waals surface area contributed by atoms with E-state index in [0.717, 1.165) is 37.2 Å². The minimum Gasteiger partial charge on any atom is -0.497 e. The predicted octanol–water partition coefficient (Wildman–Crippen LogP) is 3.22. The Bertz CT molecular complexity index is 708. The third-order valence-electron chi connectivity index (χ3n) is 4.55. The third-order valence-corrected chi connectivity index (χ3v) is 5.50. The van der Waals surface area contributed by atoms with Crippen molar-refractivity contribution < 1.29 is 9.53 Å². The van der Waals surface area contributed by atoms with Gasteiger partial charge in [0.15, 0.2) is 5.82 Å². The van der Waals surface area contributed by atoms with Crippen molar-refractivity contribution in [3.05, 3.63) is 24.3 Å². The Morgan fingerprint density at radius 3 is 2.64 bits per heavy atom. The zero-order chi connectivity index (χ0) is 17.8. The molecule has 0 aliphatic carbocycles. The Morgan fingerprint density at radius 2 is 2.00 bits per heavy atom. The number of aromatic nitrogens is 3. The van der Waals surface area contributed by atoms with E-state index in [4.69, 9.17) is 4.74 Å². The second-order valence-electron chi connectivity index (χ2n) is 6.46. The summed E-state index contributed by atoms with van der Waals surface area (Å²) in [5.74, 6) is 2.38. The van der Waals surface area contributed by atoms with Gasteiger partial charge in [-0.25, -0.2) is 4.98 Å². The van der Waals surface area contributed by atoms with E-state index in [1.165, 1.54) is 11.8 Å². The molecule has 3 rings (SSSR count). The molecule has 0 spiro atoms. The number of piperidine rings is 1. The monoisotopic (exact) mass is 360 g/mol. The highest BCUT2D eigenvalue weighted by molar-refractivity contribution is 8.00. The van der Waals surface area contributed by atoms with Crippen LogP contribution in [-0.4, -0.2) is 51.4 Å². The summed E-state index contributed by atoms with van der Waals surface area (Å²) in [7, 11) is 1.64. The van der Waals surface area contributed by atoms with E-state index in [1.807, 2.05) is 36.1 Å². The quantitative estimate of drug-likeness (QED) is 0.829. The summed E-state index contributed by atoms with van der Waals surface area (Å²) in [6.45, 7) is 5.88. The summed E-state index contributed by atoms with van der Waals surface area (Å²) in [6.07, 6.45) is 2.18. The first-order valence-corrected chi connectivity index (χ1v) is 9.47. The Hall–Kier alpha value is -2.02. The number of nitrogens with zero attached hydrogens (tertiary/aromatic N) is 3. The smallest absolute Gasteiger partial charge is 0.235 e. The fourth-order valence-corrected chi connectivity index (χ4v) is 3.68. The zero-order valence-electron chi connectivity index (χ0n) is 14.9. The normalized spacial score (nSPS) is 16.7. The van der Waals surface area contributed by atoms with Crippen LogP contribution in [0, 0.1) is 5.92 Å². The van der Waals surface area contributed by atoms with Crippen LogP contribution in [0.15, 0.2) is 29.4 Å². The van der Waals surface area contributed by atoms with Crippen LogP contribution in [0.5, 0.6) is 5.75 Å². The van der Waals surface area contributed by atoms with Crippen LogP contribution in [0.1, 0.15) is 26.7 Å². The summed E-state index contributed by atoms with van der Waals surface area (Å²) >= 11 is 1.40. The number of H-pyrrole nitrogens is 1. The van der Waals surface area contributed by atoms with Gasteiger partial charge in [-0.1, -0.05) is 18.7 Å². The van der Waals surface area contributed by atoms with Gasteiger partial charge in [-0.05, 0) is 49.9 Å². The molecular weight excluding hydrogens is 336 g/mol. The van der Waals surface area contributed by atoms with Gasteiger partial charge >= 0.3 is 0 Å². The highest BCUT2D eigenvalue weighted by Gasteiger charge is 2.26. The Balaban J connectivity index is 1.61. The number of carbonyl (C=O) groups excluding carboxylic acids is 1. The van der Waals surface area contributed by atoms with Crippen LogP contribution < -0.4 is 4.74 Å². The molecule has 0 saturated carbocycles. The Morgan fingerprint density at radius 1 is 1.32 bits per heavy atom. The average molecular weight is 360 g/mol. The lowest BCUT2D eigenvalue weighted by Crippen LogP contribution is -2.41. The number of rotatable bonds is 5. The standard InChI is InChI=1S/C18H24N4O2S/c1-12-8-10-22(11-9-12)17(23)13(2)25-18-19-16(20-21-18)14-4-6-15(24-3)7-5-14/h4-7,12-13H,8-11H2,1-3H3,(H,19,20,21)/t13-/m0/s1. The summed E-state index contributed by atoms with van der Waals surface area (Å²) in [5.41, 5.74) is 0.934. The number of carbonyl (C=O) groups is 1. The van der Waals surface area contributed by atoms with Crippen molar-refractivity contribution >= 4 is 17.7 Å². The SMILES string of the molecule is COc1ccc(-c2nc(S[C@@H](C)C(=O)N3CCC(C)CC3)n[nH]2)cc1. The van der Waals surface area contributed by atoms with Crippen molar-refractivity contribution in [1.82, 2.24) is 20.1 Å². The van der Waals surface area contributed by atoms with Crippen LogP contribution in [0.25, 0.3) is 11.4 Å². The molecule has 2 aromatic rings. The molecule has 1 atom stereocenters. The van der Waals surface area contributed by atoms with Crippen molar-refractivity contribution in [2.75, 3.05) is 20.2 Å². The molecule has 1 fully saturated rings. The van der Waals surface area contributed by atoms with Crippen molar-refractivity contribution in [2.24, 2.45) is 5.92 Å². The third kappa shape index (κ3) is 4.34. The van der Waals surface area contributed by atoms with Gasteiger partial charge in [-0.3, -0.25) is 9.89 Å². The van der Waals surface area contributed by atoms with Crippen LogP contribution in [0.3, 0.4) is 0 Å². The summed E-state index contributed by atoms with van der Waals surface area (Å²) in [5, 5.41) is 7.59. The molecule has 1 amide bonds. The number of benzene rings is 1. The molecule has 0 bridgehead atoms. The predicted molar refractivity (Wildman–Crippen MR) is 98.7 cm³/mol. The van der Waals surface area contributed by atoms with Crippen molar-refractivity contribution in [1.29, 1.82) is 0 Å². The number of likely N-dealkylation sites (tertiary alicyclic amines) is 1. The molecule has 1 aliphatic heterocycles. The highest BCUT2D eigenvalue weighted by Crippen LogP contribution is 2.26. The molecule has 134 valence electrons. The minimum atomic E-state index is -0.187. The van der Waals surface area contributed by atoms with Crippen LogP contribution in [0.2, 0.25) is 0 Å². The first-order chi connectivity index (χ1) is 12.1. The van der Waals surface area contributed by atoms with Gasteiger partial charge < -0.3 is 9.64 Å². The number of amides is 1. The Kier molecular flexibility index (Phi) is 5.63. The van der Waals surface area contributed by atoms with Gasteiger partial charge in [0, 0.05) is 18.7 Å². The lowest BCUT2D eigenvalue weighted by molar-refractivity contribution is -0.131. The molecule has 0 radical (unpaired) electrons. The van der Waals surface area contributed by atoms with Gasteiger partial charge in [0.25, 0.3) is 0 Å². The van der Waals surface area contributed by atoms with Crippen molar-refractivity contribution in [3.8, 4) is 17.1 Å². The van der Waals surface area contributed by atoms with Gasteiger partial charge in [-0.2, -0.15) is 0 Å². The van der Waals surface area contributed by atoms with Crippen molar-refractivity contribution in [3.63, 3.8) is 0 Å². The Labute approximate surface area is 152 Å². The molecule has 1 saturated heterocycles. The summed E-state index contributed by atoms with van der Waals surface area (Å²) < 4.78 is 5.16. The number of thioether (sulfide) groups is 1. The van der Waals surface area contributed by atoms with Gasteiger partial charge in [0.2, 0.25) is 11.1 Å². The molecule has 7 heteroatoms. The lowest BCUT2D eigenvalue weighted by Gasteiger charge is -2.31. The first kappa shape index (κ1) is 17.8. The molecule has 6 nitrogen and oxygen atoms in total. The van der Waals surface area contributed by atoms with Gasteiger partial charge in [-0.15, -0.1) is 5.10 Å². The van der Waals surface area contributed by atoms with E-state index in [2.05, 4.69) is 22.1 Å². The second-order valence-corrected chi connectivity index (χ2v) is 7.77. The molecule has 1 N–H and O–H groups in total. The van der Waals surface area contributed by atoms with E-state index in [1.54, 1.807) is 7.11 Å². The number of hydrogen-bond donors (Lipinski definition) is 1. The van der Waals surface area contributed by atoms with E-state index in [-0.39, 0.29) is 11.2 Å². The number of hydrogen-bond acceptors (Lipinski definition) is 5. The molecule has 2 heterocycles. The fraction of sp³-hybridized carbons (Fsp3) is 0.500. The maximum absolute atomic E-state index is 12.6. The van der Waals surface area contributed by atoms with Gasteiger partial charge in [0.1, 0.15) is 5.75 Å². The summed E-state index contributed by atoms with van der Waals surface area (Å²) in [6, 6.07) is 7.62. The van der Waals surface area contributed by atoms with E-state index < -0.39 is 0 Å². The minimum absolute atomic E-state index is 0.174. The zero-order valence-corrected chi connectivity index (χ0v) is 15.7. The fourth-order valence-electron chi connectivity index (χ4n) is 2.87.